The van der Waals surface area contributed by atoms with Crippen LogP contribution in [0.1, 0.15) is 50.0 Å². The van der Waals surface area contributed by atoms with Crippen molar-refractivity contribution in [3.05, 3.63) is 53.9 Å². The predicted molar refractivity (Wildman–Crippen MR) is 133 cm³/mol. The number of pyridine rings is 1. The van der Waals surface area contributed by atoms with Gasteiger partial charge >= 0.3 is 0 Å². The minimum absolute atomic E-state index is 0.00624. The van der Waals surface area contributed by atoms with Gasteiger partial charge in [-0.05, 0) is 48.6 Å². The molecule has 2 aromatic heterocycles. The molecule has 3 aromatic rings. The number of carbonyl (C=O) groups excluding carboxylic acids is 1. The monoisotopic (exact) mass is 453 g/mol. The Balaban J connectivity index is 1.42. The average molecular weight is 454 g/mol. The number of hydrogen-bond acceptors (Lipinski definition) is 5. The van der Waals surface area contributed by atoms with Crippen molar-refractivity contribution in [2.45, 2.75) is 45.0 Å². The van der Waals surface area contributed by atoms with Crippen LogP contribution in [0, 0.1) is 11.8 Å². The van der Waals surface area contributed by atoms with Gasteiger partial charge in [-0.3, -0.25) is 9.78 Å². The van der Waals surface area contributed by atoms with Crippen molar-refractivity contribution >= 4 is 28.7 Å². The number of rotatable bonds is 12. The summed E-state index contributed by atoms with van der Waals surface area (Å²) in [6.45, 7) is 13.0. The van der Waals surface area contributed by atoms with Crippen LogP contribution in [0.15, 0.2) is 47.9 Å². The average Bonchev–Trinajstić information content (AvgIpc) is 3.17. The van der Waals surface area contributed by atoms with Crippen molar-refractivity contribution in [3.8, 4) is 0 Å². The van der Waals surface area contributed by atoms with E-state index >= 15 is 0 Å². The molecule has 0 bridgehead atoms. The van der Waals surface area contributed by atoms with Crippen molar-refractivity contribution in [1.29, 1.82) is 0 Å². The molecule has 172 valence electrons. The normalized spacial score (nSPS) is 11.7. The standard InChI is InChI=1S/C25H35N5OS/c1-18(2)15-30(16-19(3)4)13-5-11-27-24(31)21-8-6-20(7-9-21)17-32-25-28-22-10-12-26-14-23(22)29-25/h6-10,12,14,18-19H,5,11,13,15-17H2,1-4H3,(H,27,31)(H,28,29). The highest BCUT2D eigenvalue weighted by molar-refractivity contribution is 7.98. The SMILES string of the molecule is CC(C)CN(CCCNC(=O)c1ccc(CSc2nc3ccncc3[nH]2)cc1)CC(C)C. The van der Waals surface area contributed by atoms with Crippen molar-refractivity contribution in [1.82, 2.24) is 25.2 Å². The molecule has 0 atom stereocenters. The van der Waals surface area contributed by atoms with E-state index in [1.165, 1.54) is 0 Å². The number of nitrogens with one attached hydrogen (secondary N) is 2. The summed E-state index contributed by atoms with van der Waals surface area (Å²) in [5.74, 6) is 2.09. The molecule has 0 spiro atoms. The lowest BCUT2D eigenvalue weighted by Crippen LogP contribution is -2.34. The number of thioether (sulfide) groups is 1. The maximum Gasteiger partial charge on any atom is 0.251 e. The largest absolute Gasteiger partial charge is 0.352 e. The second-order valence-corrected chi connectivity index (χ2v) is 10.0. The van der Waals surface area contributed by atoms with Gasteiger partial charge in [0.2, 0.25) is 0 Å². The minimum Gasteiger partial charge on any atom is -0.352 e. The number of fused-ring (bicyclic) bond motifs is 1. The summed E-state index contributed by atoms with van der Waals surface area (Å²) < 4.78 is 0. The molecule has 0 aliphatic carbocycles. The maximum atomic E-state index is 12.5. The molecule has 7 heteroatoms. The number of H-pyrrole nitrogens is 1. The van der Waals surface area contributed by atoms with Crippen LogP contribution >= 0.6 is 11.8 Å². The second-order valence-electron chi connectivity index (χ2n) is 9.08. The number of benzene rings is 1. The molecular formula is C25H35N5OS. The van der Waals surface area contributed by atoms with Gasteiger partial charge < -0.3 is 15.2 Å². The summed E-state index contributed by atoms with van der Waals surface area (Å²) in [5.41, 5.74) is 3.72. The molecule has 2 heterocycles. The number of aromatic amines is 1. The zero-order valence-electron chi connectivity index (χ0n) is 19.6. The van der Waals surface area contributed by atoms with E-state index < -0.39 is 0 Å². The Morgan fingerprint density at radius 2 is 1.81 bits per heavy atom. The highest BCUT2D eigenvalue weighted by Crippen LogP contribution is 2.22. The molecule has 0 saturated carbocycles. The molecule has 0 unspecified atom stereocenters. The number of imidazole rings is 1. The van der Waals surface area contributed by atoms with Crippen LogP contribution in [0.2, 0.25) is 0 Å². The Morgan fingerprint density at radius 1 is 1.09 bits per heavy atom. The quantitative estimate of drug-likeness (QED) is 0.299. The third-order valence-electron chi connectivity index (χ3n) is 5.04. The van der Waals surface area contributed by atoms with Gasteiger partial charge in [0.1, 0.15) is 0 Å². The Labute approximate surface area is 195 Å². The van der Waals surface area contributed by atoms with E-state index in [4.69, 9.17) is 0 Å². The zero-order valence-corrected chi connectivity index (χ0v) is 20.4. The molecule has 0 aliphatic heterocycles. The molecule has 0 fully saturated rings. The molecule has 1 amide bonds. The molecule has 2 N–H and O–H groups in total. The molecule has 3 rings (SSSR count). The van der Waals surface area contributed by atoms with Gasteiger partial charge in [-0.15, -0.1) is 0 Å². The van der Waals surface area contributed by atoms with Crippen LogP contribution in [-0.4, -0.2) is 51.9 Å². The third kappa shape index (κ3) is 7.64. The predicted octanol–water partition coefficient (Wildman–Crippen LogP) is 4.98. The summed E-state index contributed by atoms with van der Waals surface area (Å²) >= 11 is 1.64. The van der Waals surface area contributed by atoms with E-state index in [2.05, 4.69) is 52.9 Å². The topological polar surface area (TPSA) is 73.9 Å². The first-order valence-electron chi connectivity index (χ1n) is 11.4. The van der Waals surface area contributed by atoms with Crippen LogP contribution in [0.25, 0.3) is 11.0 Å². The van der Waals surface area contributed by atoms with Crippen LogP contribution in [0.4, 0.5) is 0 Å². The van der Waals surface area contributed by atoms with Gasteiger partial charge in [0.05, 0.1) is 17.2 Å². The fourth-order valence-corrected chi connectivity index (χ4v) is 4.54. The van der Waals surface area contributed by atoms with E-state index in [0.717, 1.165) is 53.6 Å². The smallest absolute Gasteiger partial charge is 0.251 e. The van der Waals surface area contributed by atoms with Crippen molar-refractivity contribution in [3.63, 3.8) is 0 Å². The zero-order chi connectivity index (χ0) is 22.9. The number of nitrogens with zero attached hydrogens (tertiary/aromatic N) is 3. The lowest BCUT2D eigenvalue weighted by molar-refractivity contribution is 0.0951. The van der Waals surface area contributed by atoms with Gasteiger partial charge in [-0.2, -0.15) is 0 Å². The summed E-state index contributed by atoms with van der Waals surface area (Å²) in [7, 11) is 0. The van der Waals surface area contributed by atoms with Crippen molar-refractivity contribution in [2.24, 2.45) is 11.8 Å². The minimum atomic E-state index is -0.00624. The number of amides is 1. The van der Waals surface area contributed by atoms with Gasteiger partial charge in [0.15, 0.2) is 5.16 Å². The third-order valence-corrected chi connectivity index (χ3v) is 5.98. The Hall–Kier alpha value is -2.38. The number of carbonyl (C=O) groups is 1. The Morgan fingerprint density at radius 3 is 2.47 bits per heavy atom. The first kappa shape index (κ1) is 24.3. The number of aromatic nitrogens is 3. The molecule has 32 heavy (non-hydrogen) atoms. The Bertz CT molecular complexity index is 940. The summed E-state index contributed by atoms with van der Waals surface area (Å²) in [5, 5.41) is 3.94. The second kappa shape index (κ2) is 12.0. The molecule has 0 aliphatic rings. The molecule has 0 saturated heterocycles. The van der Waals surface area contributed by atoms with E-state index in [-0.39, 0.29) is 5.91 Å². The van der Waals surface area contributed by atoms with Crippen molar-refractivity contribution < 1.29 is 4.79 Å². The van der Waals surface area contributed by atoms with Gasteiger partial charge in [-0.25, -0.2) is 4.98 Å². The lowest BCUT2D eigenvalue weighted by Gasteiger charge is -2.26. The molecule has 1 aromatic carbocycles. The maximum absolute atomic E-state index is 12.5. The fourth-order valence-electron chi connectivity index (χ4n) is 3.70. The lowest BCUT2D eigenvalue weighted by atomic mass is 10.1. The van der Waals surface area contributed by atoms with Crippen LogP contribution in [0.5, 0.6) is 0 Å². The van der Waals surface area contributed by atoms with Gasteiger partial charge in [-0.1, -0.05) is 51.6 Å². The van der Waals surface area contributed by atoms with E-state index in [1.807, 2.05) is 30.3 Å². The molecule has 6 nitrogen and oxygen atoms in total. The van der Waals surface area contributed by atoms with Gasteiger partial charge in [0, 0.05) is 37.1 Å². The summed E-state index contributed by atoms with van der Waals surface area (Å²) in [6, 6.07) is 9.73. The van der Waals surface area contributed by atoms with E-state index in [0.29, 0.717) is 23.9 Å². The van der Waals surface area contributed by atoms with Crippen LogP contribution < -0.4 is 5.32 Å². The summed E-state index contributed by atoms with van der Waals surface area (Å²) in [6.07, 6.45) is 4.49. The van der Waals surface area contributed by atoms with Gasteiger partial charge in [0.25, 0.3) is 5.91 Å². The van der Waals surface area contributed by atoms with E-state index in [1.54, 1.807) is 24.2 Å². The fraction of sp³-hybridized carbons (Fsp3) is 0.480. The molecule has 0 radical (unpaired) electrons. The Kier molecular flexibility index (Phi) is 9.11. The first-order chi connectivity index (χ1) is 15.4. The highest BCUT2D eigenvalue weighted by atomic mass is 32.2. The summed E-state index contributed by atoms with van der Waals surface area (Å²) in [4.78, 5) is 26.9. The highest BCUT2D eigenvalue weighted by Gasteiger charge is 2.10. The van der Waals surface area contributed by atoms with Crippen LogP contribution in [-0.2, 0) is 5.75 Å². The molecular weight excluding hydrogens is 418 g/mol. The number of hydrogen-bond donors (Lipinski definition) is 2. The van der Waals surface area contributed by atoms with Crippen LogP contribution in [0.3, 0.4) is 0 Å². The van der Waals surface area contributed by atoms with Crippen molar-refractivity contribution in [2.75, 3.05) is 26.2 Å². The van der Waals surface area contributed by atoms with E-state index in [9.17, 15) is 4.79 Å². The first-order valence-corrected chi connectivity index (χ1v) is 12.4.